The van der Waals surface area contributed by atoms with Crippen LogP contribution in [-0.4, -0.2) is 35.1 Å². The van der Waals surface area contributed by atoms with Crippen molar-refractivity contribution in [3.63, 3.8) is 0 Å². The largest absolute Gasteiger partial charge is 0.399 e. The summed E-state index contributed by atoms with van der Waals surface area (Å²) in [5, 5.41) is 0. The summed E-state index contributed by atoms with van der Waals surface area (Å²) in [6.07, 6.45) is 0. The minimum absolute atomic E-state index is 0.0279. The molecule has 2 rings (SSSR count). The van der Waals surface area contributed by atoms with Crippen molar-refractivity contribution in [3.8, 4) is 0 Å². The molecule has 104 valence electrons. The lowest BCUT2D eigenvalue weighted by molar-refractivity contribution is 0.375. The highest BCUT2D eigenvalue weighted by molar-refractivity contribution is 5.79. The lowest BCUT2D eigenvalue weighted by Gasteiger charge is -2.21. The standard InChI is InChI=1S/C15H24N4/c1-15(2,3)14-17-12-10-11(16)6-7-13(12)19(14)9-8-18(4)5/h6-7,10H,8-9,16H2,1-5H3. The Balaban J connectivity index is 2.55. The highest BCUT2D eigenvalue weighted by Gasteiger charge is 2.22. The van der Waals surface area contributed by atoms with Crippen LogP contribution in [0.15, 0.2) is 18.2 Å². The molecule has 0 aliphatic rings. The molecule has 0 atom stereocenters. The molecule has 2 N–H and O–H groups in total. The number of nitrogens with two attached hydrogens (primary N) is 1. The van der Waals surface area contributed by atoms with E-state index in [4.69, 9.17) is 10.7 Å². The van der Waals surface area contributed by atoms with Gasteiger partial charge in [0.05, 0.1) is 11.0 Å². The summed E-state index contributed by atoms with van der Waals surface area (Å²) in [4.78, 5) is 6.98. The van der Waals surface area contributed by atoms with E-state index < -0.39 is 0 Å². The number of benzene rings is 1. The number of aromatic nitrogens is 2. The molecular weight excluding hydrogens is 236 g/mol. The molecule has 0 saturated carbocycles. The van der Waals surface area contributed by atoms with Gasteiger partial charge in [-0.3, -0.25) is 0 Å². The van der Waals surface area contributed by atoms with Gasteiger partial charge in [0, 0.05) is 24.2 Å². The summed E-state index contributed by atoms with van der Waals surface area (Å²) < 4.78 is 2.31. The number of anilines is 1. The molecule has 0 unspecified atom stereocenters. The van der Waals surface area contributed by atoms with Crippen LogP contribution in [0.1, 0.15) is 26.6 Å². The Morgan fingerprint density at radius 1 is 1.26 bits per heavy atom. The van der Waals surface area contributed by atoms with Crippen molar-refractivity contribution in [3.05, 3.63) is 24.0 Å². The van der Waals surface area contributed by atoms with E-state index in [1.54, 1.807) is 0 Å². The van der Waals surface area contributed by atoms with Gasteiger partial charge in [-0.05, 0) is 32.3 Å². The molecule has 0 spiro atoms. The van der Waals surface area contributed by atoms with Gasteiger partial charge < -0.3 is 15.2 Å². The number of likely N-dealkylation sites (N-methyl/N-ethyl adjacent to an activating group) is 1. The summed E-state index contributed by atoms with van der Waals surface area (Å²) in [6, 6.07) is 5.97. The maximum atomic E-state index is 5.86. The Morgan fingerprint density at radius 2 is 1.95 bits per heavy atom. The lowest BCUT2D eigenvalue weighted by atomic mass is 9.95. The first-order valence-electron chi connectivity index (χ1n) is 6.70. The van der Waals surface area contributed by atoms with Crippen molar-refractivity contribution >= 4 is 16.7 Å². The summed E-state index contributed by atoms with van der Waals surface area (Å²) in [5.74, 6) is 1.12. The van der Waals surface area contributed by atoms with E-state index in [1.165, 1.54) is 5.52 Å². The van der Waals surface area contributed by atoms with Gasteiger partial charge in [-0.2, -0.15) is 0 Å². The zero-order chi connectivity index (χ0) is 14.2. The number of hydrogen-bond donors (Lipinski definition) is 1. The zero-order valence-corrected chi connectivity index (χ0v) is 12.6. The normalized spacial score (nSPS) is 12.5. The Bertz CT molecular complexity index is 576. The Hall–Kier alpha value is -1.55. The maximum absolute atomic E-state index is 5.86. The Kier molecular flexibility index (Phi) is 3.54. The van der Waals surface area contributed by atoms with Crippen molar-refractivity contribution in [2.75, 3.05) is 26.4 Å². The zero-order valence-electron chi connectivity index (χ0n) is 12.6. The van der Waals surface area contributed by atoms with Crippen molar-refractivity contribution < 1.29 is 0 Å². The van der Waals surface area contributed by atoms with Crippen molar-refractivity contribution in [1.82, 2.24) is 14.5 Å². The molecule has 19 heavy (non-hydrogen) atoms. The second-order valence-electron chi connectivity index (χ2n) is 6.39. The minimum atomic E-state index is 0.0279. The molecule has 4 heteroatoms. The third-order valence-electron chi connectivity index (χ3n) is 3.21. The SMILES string of the molecule is CN(C)CCn1c(C(C)(C)C)nc2cc(N)ccc21. The third-order valence-corrected chi connectivity index (χ3v) is 3.21. The number of rotatable bonds is 3. The fraction of sp³-hybridized carbons (Fsp3) is 0.533. The topological polar surface area (TPSA) is 47.1 Å². The summed E-state index contributed by atoms with van der Waals surface area (Å²) in [7, 11) is 4.18. The van der Waals surface area contributed by atoms with Crippen molar-refractivity contribution in [1.29, 1.82) is 0 Å². The Labute approximate surface area is 115 Å². The molecule has 0 bridgehead atoms. The van der Waals surface area contributed by atoms with Gasteiger partial charge in [-0.1, -0.05) is 20.8 Å². The first-order chi connectivity index (χ1) is 8.79. The van der Waals surface area contributed by atoms with Crippen LogP contribution in [0.25, 0.3) is 11.0 Å². The first kappa shape index (κ1) is 13.9. The second kappa shape index (κ2) is 4.85. The summed E-state index contributed by atoms with van der Waals surface area (Å²) in [5.41, 5.74) is 8.81. The summed E-state index contributed by atoms with van der Waals surface area (Å²) in [6.45, 7) is 8.54. The van der Waals surface area contributed by atoms with E-state index in [2.05, 4.69) is 50.4 Å². The van der Waals surface area contributed by atoms with E-state index >= 15 is 0 Å². The molecule has 0 aliphatic carbocycles. The molecule has 0 radical (unpaired) electrons. The molecule has 1 aromatic carbocycles. The fourth-order valence-corrected chi connectivity index (χ4v) is 2.25. The third kappa shape index (κ3) is 2.89. The van der Waals surface area contributed by atoms with Gasteiger partial charge in [-0.25, -0.2) is 4.98 Å². The van der Waals surface area contributed by atoms with Crippen LogP contribution in [0.2, 0.25) is 0 Å². The molecular formula is C15H24N4. The second-order valence-corrected chi connectivity index (χ2v) is 6.39. The number of imidazole rings is 1. The van der Waals surface area contributed by atoms with Crippen LogP contribution < -0.4 is 5.73 Å². The molecule has 1 heterocycles. The highest BCUT2D eigenvalue weighted by atomic mass is 15.1. The fourth-order valence-electron chi connectivity index (χ4n) is 2.25. The number of hydrogen-bond acceptors (Lipinski definition) is 3. The van der Waals surface area contributed by atoms with Crippen LogP contribution in [0.3, 0.4) is 0 Å². The molecule has 0 fully saturated rings. The van der Waals surface area contributed by atoms with E-state index in [0.29, 0.717) is 0 Å². The van der Waals surface area contributed by atoms with Crippen LogP contribution in [0.4, 0.5) is 5.69 Å². The monoisotopic (exact) mass is 260 g/mol. The van der Waals surface area contributed by atoms with Gasteiger partial charge in [-0.15, -0.1) is 0 Å². The predicted molar refractivity (Wildman–Crippen MR) is 81.4 cm³/mol. The first-order valence-corrected chi connectivity index (χ1v) is 6.70. The predicted octanol–water partition coefficient (Wildman–Crippen LogP) is 2.48. The highest BCUT2D eigenvalue weighted by Crippen LogP contribution is 2.27. The maximum Gasteiger partial charge on any atom is 0.115 e. The van der Waals surface area contributed by atoms with Crippen LogP contribution in [0, 0.1) is 0 Å². The number of fused-ring (bicyclic) bond motifs is 1. The summed E-state index contributed by atoms with van der Waals surface area (Å²) >= 11 is 0. The Morgan fingerprint density at radius 3 is 2.53 bits per heavy atom. The quantitative estimate of drug-likeness (QED) is 0.862. The minimum Gasteiger partial charge on any atom is -0.399 e. The van der Waals surface area contributed by atoms with E-state index in [0.717, 1.165) is 30.1 Å². The van der Waals surface area contributed by atoms with Gasteiger partial charge >= 0.3 is 0 Å². The van der Waals surface area contributed by atoms with Gasteiger partial charge in [0.2, 0.25) is 0 Å². The van der Waals surface area contributed by atoms with Crippen molar-refractivity contribution in [2.45, 2.75) is 32.7 Å². The molecule has 2 aromatic rings. The molecule has 4 nitrogen and oxygen atoms in total. The number of nitrogens with zero attached hydrogens (tertiary/aromatic N) is 3. The molecule has 0 aliphatic heterocycles. The van der Waals surface area contributed by atoms with Gasteiger partial charge in [0.25, 0.3) is 0 Å². The average molecular weight is 260 g/mol. The van der Waals surface area contributed by atoms with Crippen LogP contribution in [-0.2, 0) is 12.0 Å². The van der Waals surface area contributed by atoms with Crippen LogP contribution >= 0.6 is 0 Å². The smallest absolute Gasteiger partial charge is 0.115 e. The molecule has 0 amide bonds. The van der Waals surface area contributed by atoms with Crippen molar-refractivity contribution in [2.24, 2.45) is 0 Å². The van der Waals surface area contributed by atoms with Crippen LogP contribution in [0.5, 0.6) is 0 Å². The van der Waals surface area contributed by atoms with Gasteiger partial charge in [0.15, 0.2) is 0 Å². The lowest BCUT2D eigenvalue weighted by Crippen LogP contribution is -2.24. The van der Waals surface area contributed by atoms with E-state index in [9.17, 15) is 0 Å². The number of nitrogen functional groups attached to an aromatic ring is 1. The molecule has 1 aromatic heterocycles. The van der Waals surface area contributed by atoms with Gasteiger partial charge in [0.1, 0.15) is 5.82 Å². The van der Waals surface area contributed by atoms with E-state index in [-0.39, 0.29) is 5.41 Å². The van der Waals surface area contributed by atoms with E-state index in [1.807, 2.05) is 12.1 Å². The molecule has 0 saturated heterocycles. The average Bonchev–Trinajstić information content (AvgIpc) is 2.63.